The van der Waals surface area contributed by atoms with Gasteiger partial charge in [0, 0.05) is 23.7 Å². The summed E-state index contributed by atoms with van der Waals surface area (Å²) in [4.78, 5) is 2.48. The summed E-state index contributed by atoms with van der Waals surface area (Å²) in [6.07, 6.45) is 6.84. The predicted octanol–water partition coefficient (Wildman–Crippen LogP) is 5.97. The van der Waals surface area contributed by atoms with Gasteiger partial charge in [0.2, 0.25) is 0 Å². The molecule has 0 aliphatic heterocycles. The van der Waals surface area contributed by atoms with Crippen molar-refractivity contribution in [2.24, 2.45) is 5.92 Å². The molecule has 1 saturated carbocycles. The van der Waals surface area contributed by atoms with Crippen LogP contribution < -0.4 is 4.74 Å². The van der Waals surface area contributed by atoms with E-state index < -0.39 is 0 Å². The molecule has 136 valence electrons. The molecule has 24 heavy (non-hydrogen) atoms. The number of rotatable bonds is 11. The third kappa shape index (κ3) is 5.20. The molecule has 0 saturated heterocycles. The molecular weight excluding hydrogens is 301 g/mol. The predicted molar refractivity (Wildman–Crippen MR) is 99.0 cm³/mol. The zero-order valence-corrected chi connectivity index (χ0v) is 15.9. The van der Waals surface area contributed by atoms with Crippen LogP contribution in [0.3, 0.4) is 0 Å². The summed E-state index contributed by atoms with van der Waals surface area (Å²) in [5.74, 6) is 1.23. The van der Waals surface area contributed by atoms with E-state index in [0.29, 0.717) is 17.7 Å². The van der Waals surface area contributed by atoms with Gasteiger partial charge in [-0.3, -0.25) is 4.90 Å². The van der Waals surface area contributed by atoms with E-state index in [2.05, 4.69) is 32.6 Å². The average molecular weight is 336 g/mol. The van der Waals surface area contributed by atoms with Crippen molar-refractivity contribution in [3.8, 4) is 5.75 Å². The largest absolute Gasteiger partial charge is 0.493 e. The molecule has 0 amide bonds. The monoisotopic (exact) mass is 335 g/mol. The van der Waals surface area contributed by atoms with Crippen molar-refractivity contribution in [1.82, 2.24) is 4.90 Å². The van der Waals surface area contributed by atoms with Gasteiger partial charge in [-0.25, -0.2) is 4.39 Å². The molecule has 1 aliphatic rings. The van der Waals surface area contributed by atoms with Gasteiger partial charge in [0.15, 0.2) is 0 Å². The van der Waals surface area contributed by atoms with Crippen LogP contribution in [-0.2, 0) is 0 Å². The third-order valence-corrected chi connectivity index (χ3v) is 5.23. The summed E-state index contributed by atoms with van der Waals surface area (Å²) in [5, 5.41) is 0. The Kier molecular flexibility index (Phi) is 7.54. The number of ether oxygens (including phenoxy) is 1. The number of hydrogen-bond acceptors (Lipinski definition) is 2. The Balaban J connectivity index is 2.13. The van der Waals surface area contributed by atoms with Crippen LogP contribution in [0.4, 0.5) is 4.39 Å². The highest BCUT2D eigenvalue weighted by Gasteiger charge is 2.25. The normalized spacial score (nSPS) is 17.1. The van der Waals surface area contributed by atoms with E-state index in [0.717, 1.165) is 38.0 Å². The first kappa shape index (κ1) is 19.2. The third-order valence-electron chi connectivity index (χ3n) is 5.23. The lowest BCUT2D eigenvalue weighted by Crippen LogP contribution is -2.37. The zero-order valence-electron chi connectivity index (χ0n) is 15.9. The van der Waals surface area contributed by atoms with Crippen LogP contribution in [0, 0.1) is 11.7 Å². The van der Waals surface area contributed by atoms with E-state index in [1.807, 2.05) is 12.1 Å². The summed E-state index contributed by atoms with van der Waals surface area (Å²) in [5.41, 5.74) is 0.813. The van der Waals surface area contributed by atoms with E-state index >= 15 is 0 Å². The Morgan fingerprint density at radius 2 is 1.96 bits per heavy atom. The Morgan fingerprint density at radius 3 is 2.50 bits per heavy atom. The SMILES string of the molecule is CCCCN(C(CC)c1ccc(OCC2CC2)cc1F)[C@@H](C)CC. The lowest BCUT2D eigenvalue weighted by molar-refractivity contribution is 0.130. The molecular formula is C21H34FNO. The van der Waals surface area contributed by atoms with E-state index in [4.69, 9.17) is 4.74 Å². The van der Waals surface area contributed by atoms with Gasteiger partial charge in [-0.15, -0.1) is 0 Å². The summed E-state index contributed by atoms with van der Waals surface area (Å²) in [6.45, 7) is 10.6. The number of nitrogens with zero attached hydrogens (tertiary/aromatic N) is 1. The van der Waals surface area contributed by atoms with Gasteiger partial charge in [-0.1, -0.05) is 33.3 Å². The molecule has 0 radical (unpaired) electrons. The quantitative estimate of drug-likeness (QED) is 0.494. The fraction of sp³-hybridized carbons (Fsp3) is 0.714. The lowest BCUT2D eigenvalue weighted by atomic mass is 9.99. The van der Waals surface area contributed by atoms with Crippen molar-refractivity contribution in [2.75, 3.05) is 13.2 Å². The van der Waals surface area contributed by atoms with Crippen LogP contribution in [-0.4, -0.2) is 24.1 Å². The van der Waals surface area contributed by atoms with Crippen LogP contribution in [0.5, 0.6) is 5.75 Å². The Morgan fingerprint density at radius 1 is 1.21 bits per heavy atom. The highest BCUT2D eigenvalue weighted by Crippen LogP contribution is 2.33. The number of halogens is 1. The maximum Gasteiger partial charge on any atom is 0.131 e. The van der Waals surface area contributed by atoms with E-state index in [1.54, 1.807) is 6.07 Å². The standard InChI is InChI=1S/C21H34FNO/c1-5-8-13-23(16(4)6-2)21(7-3)19-12-11-18(14-20(19)22)24-15-17-9-10-17/h11-12,14,16-17,21H,5-10,13,15H2,1-4H3/t16-,21?/m0/s1. The van der Waals surface area contributed by atoms with Gasteiger partial charge in [-0.05, 0) is 57.6 Å². The molecule has 1 unspecified atom stereocenters. The summed E-state index contributed by atoms with van der Waals surface area (Å²) >= 11 is 0. The fourth-order valence-electron chi connectivity index (χ4n) is 3.26. The van der Waals surface area contributed by atoms with Crippen molar-refractivity contribution < 1.29 is 9.13 Å². The molecule has 3 heteroatoms. The highest BCUT2D eigenvalue weighted by atomic mass is 19.1. The summed E-state index contributed by atoms with van der Waals surface area (Å²) in [7, 11) is 0. The second-order valence-corrected chi connectivity index (χ2v) is 7.21. The van der Waals surface area contributed by atoms with Gasteiger partial charge in [0.25, 0.3) is 0 Å². The lowest BCUT2D eigenvalue weighted by Gasteiger charge is -2.36. The molecule has 0 spiro atoms. The minimum atomic E-state index is -0.125. The van der Waals surface area contributed by atoms with Crippen molar-refractivity contribution in [1.29, 1.82) is 0 Å². The van der Waals surface area contributed by atoms with Crippen LogP contribution in [0.15, 0.2) is 18.2 Å². The fourth-order valence-corrected chi connectivity index (χ4v) is 3.26. The van der Waals surface area contributed by atoms with Crippen molar-refractivity contribution in [3.63, 3.8) is 0 Å². The van der Waals surface area contributed by atoms with Crippen molar-refractivity contribution >= 4 is 0 Å². The van der Waals surface area contributed by atoms with Gasteiger partial charge in [0.1, 0.15) is 11.6 Å². The molecule has 0 bridgehead atoms. The second-order valence-electron chi connectivity index (χ2n) is 7.21. The van der Waals surface area contributed by atoms with Crippen LogP contribution in [0.25, 0.3) is 0 Å². The summed E-state index contributed by atoms with van der Waals surface area (Å²) in [6, 6.07) is 6.07. The highest BCUT2D eigenvalue weighted by molar-refractivity contribution is 5.31. The first-order chi connectivity index (χ1) is 11.6. The molecule has 0 N–H and O–H groups in total. The molecule has 1 aromatic rings. The average Bonchev–Trinajstić information content (AvgIpc) is 3.41. The number of unbranched alkanes of at least 4 members (excludes halogenated alkanes) is 1. The van der Waals surface area contributed by atoms with Gasteiger partial charge >= 0.3 is 0 Å². The van der Waals surface area contributed by atoms with Crippen LogP contribution in [0.1, 0.15) is 77.8 Å². The van der Waals surface area contributed by atoms with Gasteiger partial charge in [0.05, 0.1) is 6.61 Å². The zero-order chi connectivity index (χ0) is 17.5. The Hall–Kier alpha value is -1.09. The molecule has 2 nitrogen and oxygen atoms in total. The Bertz CT molecular complexity index is 501. The van der Waals surface area contributed by atoms with E-state index in [9.17, 15) is 4.39 Å². The molecule has 0 heterocycles. The van der Waals surface area contributed by atoms with Gasteiger partial charge in [-0.2, -0.15) is 0 Å². The Labute approximate surface area is 147 Å². The minimum absolute atomic E-state index is 0.125. The number of benzene rings is 1. The van der Waals surface area contributed by atoms with E-state index in [-0.39, 0.29) is 11.9 Å². The van der Waals surface area contributed by atoms with Crippen LogP contribution in [0.2, 0.25) is 0 Å². The second kappa shape index (κ2) is 9.41. The minimum Gasteiger partial charge on any atom is -0.493 e. The molecule has 2 rings (SSSR count). The van der Waals surface area contributed by atoms with Gasteiger partial charge < -0.3 is 4.74 Å². The maximum absolute atomic E-state index is 14.8. The van der Waals surface area contributed by atoms with E-state index in [1.165, 1.54) is 19.3 Å². The molecule has 0 aromatic heterocycles. The molecule has 1 fully saturated rings. The smallest absolute Gasteiger partial charge is 0.131 e. The van der Waals surface area contributed by atoms with Crippen molar-refractivity contribution in [3.05, 3.63) is 29.6 Å². The molecule has 1 aliphatic carbocycles. The summed E-state index contributed by atoms with van der Waals surface area (Å²) < 4.78 is 20.5. The topological polar surface area (TPSA) is 12.5 Å². The number of hydrogen-bond donors (Lipinski definition) is 0. The maximum atomic E-state index is 14.8. The van der Waals surface area contributed by atoms with Crippen molar-refractivity contribution in [2.45, 2.75) is 78.3 Å². The first-order valence-corrected chi connectivity index (χ1v) is 9.78. The molecule has 2 atom stereocenters. The molecule has 1 aromatic carbocycles. The first-order valence-electron chi connectivity index (χ1n) is 9.78. The van der Waals surface area contributed by atoms with Crippen LogP contribution >= 0.6 is 0 Å².